The average molecular weight is 284 g/mol. The van der Waals surface area contributed by atoms with E-state index in [2.05, 4.69) is 12.2 Å². The summed E-state index contributed by atoms with van der Waals surface area (Å²) in [5, 5.41) is 14.5. The van der Waals surface area contributed by atoms with Crippen molar-refractivity contribution in [3.8, 4) is 5.75 Å². The molecule has 1 aromatic rings. The van der Waals surface area contributed by atoms with E-state index in [9.17, 15) is 10.1 Å². The number of ether oxygens (including phenoxy) is 1. The molecule has 0 aliphatic heterocycles. The first-order valence-electron chi connectivity index (χ1n) is 6.25. The molecule has 0 aromatic heterocycles. The molecule has 0 aliphatic carbocycles. The van der Waals surface area contributed by atoms with Gasteiger partial charge in [0.2, 0.25) is 0 Å². The Morgan fingerprint density at radius 3 is 2.79 bits per heavy atom. The monoisotopic (exact) mass is 284 g/mol. The Morgan fingerprint density at radius 1 is 1.47 bits per heavy atom. The van der Waals surface area contributed by atoms with Gasteiger partial charge in [0, 0.05) is 29.6 Å². The number of non-ortho nitro benzene ring substituents is 1. The number of hydrogen-bond acceptors (Lipinski definition) is 5. The molecule has 0 heterocycles. The lowest BCUT2D eigenvalue weighted by Crippen LogP contribution is -2.12. The van der Waals surface area contributed by atoms with Crippen LogP contribution in [0.1, 0.15) is 20.3 Å². The summed E-state index contributed by atoms with van der Waals surface area (Å²) in [7, 11) is 0. The van der Waals surface area contributed by atoms with Crippen LogP contribution in [0.3, 0.4) is 0 Å². The quantitative estimate of drug-likeness (QED) is 0.584. The molecular formula is C13H20N2O3S. The summed E-state index contributed by atoms with van der Waals surface area (Å²) in [5.41, 5.74) is 0.772. The third-order valence-corrected chi connectivity index (χ3v) is 3.54. The van der Waals surface area contributed by atoms with Gasteiger partial charge in [-0.05, 0) is 12.7 Å². The predicted octanol–water partition coefficient (Wildman–Crippen LogP) is 3.55. The zero-order valence-corrected chi connectivity index (χ0v) is 12.3. The van der Waals surface area contributed by atoms with E-state index >= 15 is 0 Å². The second kappa shape index (κ2) is 7.89. The maximum Gasteiger partial charge on any atom is 0.275 e. The van der Waals surface area contributed by atoms with Crippen molar-refractivity contribution in [3.63, 3.8) is 0 Å². The van der Waals surface area contributed by atoms with Gasteiger partial charge in [-0.1, -0.05) is 13.8 Å². The number of rotatable bonds is 8. The van der Waals surface area contributed by atoms with E-state index < -0.39 is 4.92 Å². The van der Waals surface area contributed by atoms with Gasteiger partial charge in [0.25, 0.3) is 5.69 Å². The number of thioether (sulfide) groups is 1. The Kier molecular flexibility index (Phi) is 6.49. The van der Waals surface area contributed by atoms with Crippen molar-refractivity contribution in [2.45, 2.75) is 25.5 Å². The van der Waals surface area contributed by atoms with Crippen molar-refractivity contribution < 1.29 is 9.66 Å². The molecule has 5 nitrogen and oxygen atoms in total. The van der Waals surface area contributed by atoms with Crippen LogP contribution >= 0.6 is 11.8 Å². The maximum absolute atomic E-state index is 10.9. The molecule has 1 atom stereocenters. The Hall–Kier alpha value is -1.43. The number of nitrogens with zero attached hydrogens (tertiary/aromatic N) is 1. The van der Waals surface area contributed by atoms with E-state index in [-0.39, 0.29) is 5.69 Å². The Balaban J connectivity index is 2.83. The van der Waals surface area contributed by atoms with E-state index in [1.807, 2.05) is 13.2 Å². The third kappa shape index (κ3) is 5.38. The van der Waals surface area contributed by atoms with Gasteiger partial charge in [-0.15, -0.1) is 0 Å². The van der Waals surface area contributed by atoms with Gasteiger partial charge in [-0.3, -0.25) is 10.1 Å². The van der Waals surface area contributed by atoms with Crippen LogP contribution in [0.4, 0.5) is 11.4 Å². The van der Waals surface area contributed by atoms with Crippen LogP contribution in [0.15, 0.2) is 18.2 Å². The summed E-state index contributed by atoms with van der Waals surface area (Å²) < 4.78 is 5.47. The molecule has 0 amide bonds. The summed E-state index contributed by atoms with van der Waals surface area (Å²) in [6.07, 6.45) is 2.91. The summed E-state index contributed by atoms with van der Waals surface area (Å²) in [5.74, 6) is 0.537. The molecule has 0 radical (unpaired) electrons. The fraction of sp³-hybridized carbons (Fsp3) is 0.538. The normalized spacial score (nSPS) is 11.9. The summed E-state index contributed by atoms with van der Waals surface area (Å²) in [6, 6.07) is 4.79. The number of nitro groups is 1. The fourth-order valence-electron chi connectivity index (χ4n) is 1.44. The lowest BCUT2D eigenvalue weighted by Gasteiger charge is -2.12. The minimum atomic E-state index is -0.401. The Morgan fingerprint density at radius 2 is 2.21 bits per heavy atom. The van der Waals surface area contributed by atoms with Gasteiger partial charge >= 0.3 is 0 Å². The van der Waals surface area contributed by atoms with Gasteiger partial charge in [-0.2, -0.15) is 11.8 Å². The van der Waals surface area contributed by atoms with Crippen LogP contribution in [-0.4, -0.2) is 29.6 Å². The van der Waals surface area contributed by atoms with Gasteiger partial charge < -0.3 is 10.1 Å². The van der Waals surface area contributed by atoms with Crippen LogP contribution < -0.4 is 10.1 Å². The van der Waals surface area contributed by atoms with Crippen molar-refractivity contribution in [1.29, 1.82) is 0 Å². The molecule has 6 heteroatoms. The lowest BCUT2D eigenvalue weighted by molar-refractivity contribution is -0.384. The molecule has 0 spiro atoms. The van der Waals surface area contributed by atoms with E-state index in [0.717, 1.165) is 18.7 Å². The number of hydrogen-bond donors (Lipinski definition) is 1. The SMILES string of the molecule is CCCOc1cc(NCC(C)SC)cc([N+](=O)[O-])c1. The van der Waals surface area contributed by atoms with E-state index in [0.29, 0.717) is 17.6 Å². The van der Waals surface area contributed by atoms with Crippen molar-refractivity contribution in [2.24, 2.45) is 0 Å². The zero-order chi connectivity index (χ0) is 14.3. The van der Waals surface area contributed by atoms with Crippen molar-refractivity contribution >= 4 is 23.1 Å². The molecule has 1 rings (SSSR count). The zero-order valence-electron chi connectivity index (χ0n) is 11.5. The Bertz CT molecular complexity index is 426. The Labute approximate surface area is 117 Å². The smallest absolute Gasteiger partial charge is 0.275 e. The first-order valence-corrected chi connectivity index (χ1v) is 7.54. The van der Waals surface area contributed by atoms with E-state index in [4.69, 9.17) is 4.74 Å². The molecular weight excluding hydrogens is 264 g/mol. The largest absolute Gasteiger partial charge is 0.493 e. The molecule has 0 bridgehead atoms. The van der Waals surface area contributed by atoms with Crippen molar-refractivity contribution in [2.75, 3.05) is 24.7 Å². The molecule has 1 aromatic carbocycles. The predicted molar refractivity (Wildman–Crippen MR) is 80.3 cm³/mol. The second-order valence-electron chi connectivity index (χ2n) is 4.25. The van der Waals surface area contributed by atoms with E-state index in [1.165, 1.54) is 12.1 Å². The standard InChI is InChI=1S/C13H20N2O3S/c1-4-5-18-13-7-11(14-9-10(2)19-3)6-12(8-13)15(16)17/h6-8,10,14H,4-5,9H2,1-3H3. The van der Waals surface area contributed by atoms with Gasteiger partial charge in [0.1, 0.15) is 5.75 Å². The van der Waals surface area contributed by atoms with Crippen LogP contribution in [0.2, 0.25) is 0 Å². The van der Waals surface area contributed by atoms with Gasteiger partial charge in [0.05, 0.1) is 17.6 Å². The van der Waals surface area contributed by atoms with Gasteiger partial charge in [-0.25, -0.2) is 0 Å². The average Bonchev–Trinajstić information content (AvgIpc) is 2.42. The van der Waals surface area contributed by atoms with Crippen LogP contribution in [0.25, 0.3) is 0 Å². The number of nitrogens with one attached hydrogen (secondary N) is 1. The molecule has 19 heavy (non-hydrogen) atoms. The summed E-state index contributed by atoms with van der Waals surface area (Å²) in [6.45, 7) is 5.41. The van der Waals surface area contributed by atoms with Crippen LogP contribution in [0, 0.1) is 10.1 Å². The first-order chi connectivity index (χ1) is 9.06. The maximum atomic E-state index is 10.9. The highest BCUT2D eigenvalue weighted by molar-refractivity contribution is 7.99. The fourth-order valence-corrected chi connectivity index (χ4v) is 1.69. The molecule has 0 aliphatic rings. The highest BCUT2D eigenvalue weighted by Crippen LogP contribution is 2.26. The topological polar surface area (TPSA) is 64.4 Å². The lowest BCUT2D eigenvalue weighted by atomic mass is 10.2. The third-order valence-electron chi connectivity index (χ3n) is 2.57. The number of nitro benzene ring substituents is 1. The highest BCUT2D eigenvalue weighted by Gasteiger charge is 2.11. The molecule has 0 saturated carbocycles. The van der Waals surface area contributed by atoms with Gasteiger partial charge in [0.15, 0.2) is 0 Å². The summed E-state index contributed by atoms with van der Waals surface area (Å²) in [4.78, 5) is 10.5. The van der Waals surface area contributed by atoms with Crippen molar-refractivity contribution in [1.82, 2.24) is 0 Å². The first kappa shape index (κ1) is 15.6. The highest BCUT2D eigenvalue weighted by atomic mass is 32.2. The molecule has 1 N–H and O–H groups in total. The van der Waals surface area contributed by atoms with Crippen LogP contribution in [0.5, 0.6) is 5.75 Å². The molecule has 1 unspecified atom stereocenters. The number of benzene rings is 1. The van der Waals surface area contributed by atoms with E-state index in [1.54, 1.807) is 17.8 Å². The van der Waals surface area contributed by atoms with Crippen molar-refractivity contribution in [3.05, 3.63) is 28.3 Å². The molecule has 106 valence electrons. The molecule has 0 fully saturated rings. The number of anilines is 1. The minimum Gasteiger partial charge on any atom is -0.493 e. The van der Waals surface area contributed by atoms with Crippen LogP contribution in [-0.2, 0) is 0 Å². The minimum absolute atomic E-state index is 0.0490. The summed E-state index contributed by atoms with van der Waals surface area (Å²) >= 11 is 1.74. The molecule has 0 saturated heterocycles. The second-order valence-corrected chi connectivity index (χ2v) is 5.52.